The van der Waals surface area contributed by atoms with Crippen LogP contribution in [0.25, 0.3) is 0 Å². The van der Waals surface area contributed by atoms with E-state index in [2.05, 4.69) is 40.4 Å². The Bertz CT molecular complexity index is 453. The lowest BCUT2D eigenvalue weighted by Crippen LogP contribution is -2.24. The van der Waals surface area contributed by atoms with Crippen LogP contribution >= 0.6 is 39.1 Å². The Kier molecular flexibility index (Phi) is 7.15. The number of hydrogen-bond acceptors (Lipinski definition) is 2. The minimum Gasteiger partial charge on any atom is -0.325 e. The maximum Gasteiger partial charge on any atom is 0.224 e. The summed E-state index contributed by atoms with van der Waals surface area (Å²) in [6.45, 7) is 4.97. The molecule has 106 valence electrons. The lowest BCUT2D eigenvalue weighted by molar-refractivity contribution is -0.116. The zero-order chi connectivity index (χ0) is 14.4. The molecule has 1 amide bonds. The van der Waals surface area contributed by atoms with Crippen molar-refractivity contribution in [1.29, 1.82) is 0 Å². The molecule has 0 aliphatic heterocycles. The Morgan fingerprint density at radius 3 is 2.63 bits per heavy atom. The molecule has 0 aromatic heterocycles. The van der Waals surface area contributed by atoms with E-state index < -0.39 is 0 Å². The molecule has 0 atom stereocenters. The van der Waals surface area contributed by atoms with Crippen molar-refractivity contribution >= 4 is 50.7 Å². The summed E-state index contributed by atoms with van der Waals surface area (Å²) in [5.41, 5.74) is 0.539. The number of carbonyl (C=O) groups is 1. The molecule has 0 unspecified atom stereocenters. The van der Waals surface area contributed by atoms with Crippen molar-refractivity contribution in [2.75, 3.05) is 11.9 Å². The van der Waals surface area contributed by atoms with E-state index in [1.54, 1.807) is 12.1 Å². The molecule has 0 aliphatic carbocycles. The second-order valence-corrected chi connectivity index (χ2v) is 6.09. The van der Waals surface area contributed by atoms with Gasteiger partial charge >= 0.3 is 0 Å². The summed E-state index contributed by atoms with van der Waals surface area (Å²) in [6, 6.07) is 3.91. The van der Waals surface area contributed by atoms with Crippen LogP contribution < -0.4 is 10.6 Å². The smallest absolute Gasteiger partial charge is 0.224 e. The van der Waals surface area contributed by atoms with E-state index in [4.69, 9.17) is 23.2 Å². The van der Waals surface area contributed by atoms with Crippen molar-refractivity contribution in [2.45, 2.75) is 32.7 Å². The zero-order valence-electron chi connectivity index (χ0n) is 10.9. The minimum atomic E-state index is -0.0640. The summed E-state index contributed by atoms with van der Waals surface area (Å²) in [6.07, 6.45) is 1.23. The van der Waals surface area contributed by atoms with E-state index in [9.17, 15) is 4.79 Å². The summed E-state index contributed by atoms with van der Waals surface area (Å²) in [5.74, 6) is -0.0640. The first-order chi connectivity index (χ1) is 8.91. The number of benzene rings is 1. The maximum absolute atomic E-state index is 11.8. The molecule has 0 aliphatic rings. The van der Waals surface area contributed by atoms with Crippen LogP contribution in [-0.2, 0) is 4.79 Å². The molecule has 0 bridgehead atoms. The highest BCUT2D eigenvalue weighted by molar-refractivity contribution is 9.10. The van der Waals surface area contributed by atoms with Crippen LogP contribution in [0.2, 0.25) is 10.0 Å². The third-order valence-electron chi connectivity index (χ3n) is 2.44. The van der Waals surface area contributed by atoms with Gasteiger partial charge in [-0.3, -0.25) is 4.79 Å². The van der Waals surface area contributed by atoms with Crippen LogP contribution in [-0.4, -0.2) is 18.5 Å². The van der Waals surface area contributed by atoms with E-state index in [-0.39, 0.29) is 5.91 Å². The van der Waals surface area contributed by atoms with Gasteiger partial charge in [-0.15, -0.1) is 0 Å². The molecule has 0 saturated carbocycles. The van der Waals surface area contributed by atoms with Gasteiger partial charge in [-0.05, 0) is 41.0 Å². The molecule has 0 saturated heterocycles. The van der Waals surface area contributed by atoms with E-state index in [0.29, 0.717) is 32.7 Å². The first-order valence-electron chi connectivity index (χ1n) is 6.08. The van der Waals surface area contributed by atoms with Crippen LogP contribution in [0.4, 0.5) is 5.69 Å². The second-order valence-electron chi connectivity index (χ2n) is 4.48. The van der Waals surface area contributed by atoms with Crippen LogP contribution in [0.3, 0.4) is 0 Å². The van der Waals surface area contributed by atoms with E-state index in [1.807, 2.05) is 0 Å². The van der Waals surface area contributed by atoms with Crippen LogP contribution in [0.1, 0.15) is 26.7 Å². The predicted molar refractivity (Wildman–Crippen MR) is 85.2 cm³/mol. The molecule has 1 aromatic carbocycles. The first kappa shape index (κ1) is 16.8. The molecule has 0 spiro atoms. The van der Waals surface area contributed by atoms with Crippen molar-refractivity contribution in [2.24, 2.45) is 0 Å². The van der Waals surface area contributed by atoms with Gasteiger partial charge < -0.3 is 10.6 Å². The van der Waals surface area contributed by atoms with Gasteiger partial charge in [0, 0.05) is 16.9 Å². The summed E-state index contributed by atoms with van der Waals surface area (Å²) >= 11 is 15.3. The van der Waals surface area contributed by atoms with E-state index in [0.717, 1.165) is 13.0 Å². The quantitative estimate of drug-likeness (QED) is 0.575. The average Bonchev–Trinajstić information content (AvgIpc) is 2.35. The molecule has 3 nitrogen and oxygen atoms in total. The zero-order valence-corrected chi connectivity index (χ0v) is 14.0. The Morgan fingerprint density at radius 2 is 2.00 bits per heavy atom. The first-order valence-corrected chi connectivity index (χ1v) is 7.63. The number of nitrogens with one attached hydrogen (secondary N) is 2. The van der Waals surface area contributed by atoms with E-state index in [1.165, 1.54) is 0 Å². The number of hydrogen-bond donors (Lipinski definition) is 2. The molecule has 0 fully saturated rings. The fourth-order valence-electron chi connectivity index (χ4n) is 1.47. The lowest BCUT2D eigenvalue weighted by Gasteiger charge is -2.10. The minimum absolute atomic E-state index is 0.0640. The highest BCUT2D eigenvalue weighted by Crippen LogP contribution is 2.35. The highest BCUT2D eigenvalue weighted by Gasteiger charge is 2.10. The van der Waals surface area contributed by atoms with Crippen molar-refractivity contribution < 1.29 is 4.79 Å². The SMILES string of the molecule is CC(C)NCCCC(=O)Nc1ccc(Br)c(Cl)c1Cl. The van der Waals surface area contributed by atoms with Crippen molar-refractivity contribution in [3.05, 3.63) is 26.7 Å². The molecular weight excluding hydrogens is 351 g/mol. The van der Waals surface area contributed by atoms with Gasteiger partial charge in [0.05, 0.1) is 15.7 Å². The third-order valence-corrected chi connectivity index (χ3v) is 4.21. The van der Waals surface area contributed by atoms with Gasteiger partial charge in [-0.2, -0.15) is 0 Å². The van der Waals surface area contributed by atoms with Gasteiger partial charge in [0.25, 0.3) is 0 Å². The molecule has 1 aromatic rings. The molecule has 2 N–H and O–H groups in total. The number of halogens is 3. The average molecular weight is 368 g/mol. The van der Waals surface area contributed by atoms with Gasteiger partial charge in [0.15, 0.2) is 0 Å². The molecule has 6 heteroatoms. The largest absolute Gasteiger partial charge is 0.325 e. The maximum atomic E-state index is 11.8. The van der Waals surface area contributed by atoms with Crippen LogP contribution in [0, 0.1) is 0 Å². The van der Waals surface area contributed by atoms with Gasteiger partial charge in [0.1, 0.15) is 0 Å². The summed E-state index contributed by atoms with van der Waals surface area (Å²) in [5, 5.41) is 6.78. The summed E-state index contributed by atoms with van der Waals surface area (Å²) in [4.78, 5) is 11.8. The predicted octanol–water partition coefficient (Wildman–Crippen LogP) is 4.47. The van der Waals surface area contributed by atoms with Gasteiger partial charge in [-0.1, -0.05) is 37.0 Å². The second kappa shape index (κ2) is 8.10. The Morgan fingerprint density at radius 1 is 1.32 bits per heavy atom. The lowest BCUT2D eigenvalue weighted by atomic mass is 10.2. The third kappa shape index (κ3) is 5.69. The fraction of sp³-hybridized carbons (Fsp3) is 0.462. The van der Waals surface area contributed by atoms with E-state index >= 15 is 0 Å². The number of amides is 1. The molecule has 0 heterocycles. The van der Waals surface area contributed by atoms with Crippen molar-refractivity contribution in [3.8, 4) is 0 Å². The molecular formula is C13H17BrCl2N2O. The number of anilines is 1. The Hall–Kier alpha value is -0.290. The van der Waals surface area contributed by atoms with Gasteiger partial charge in [0.2, 0.25) is 5.91 Å². The van der Waals surface area contributed by atoms with Crippen molar-refractivity contribution in [1.82, 2.24) is 5.32 Å². The number of rotatable bonds is 6. The summed E-state index contributed by atoms with van der Waals surface area (Å²) < 4.78 is 0.707. The van der Waals surface area contributed by atoms with Crippen molar-refractivity contribution in [3.63, 3.8) is 0 Å². The standard InChI is InChI=1S/C13H17BrCl2N2O/c1-8(2)17-7-3-4-11(19)18-10-6-5-9(14)12(15)13(10)16/h5-6,8,17H,3-4,7H2,1-2H3,(H,18,19). The molecule has 1 rings (SSSR count). The topological polar surface area (TPSA) is 41.1 Å². The summed E-state index contributed by atoms with van der Waals surface area (Å²) in [7, 11) is 0. The van der Waals surface area contributed by atoms with Crippen LogP contribution in [0.5, 0.6) is 0 Å². The fourth-order valence-corrected chi connectivity index (χ4v) is 2.30. The van der Waals surface area contributed by atoms with Crippen LogP contribution in [0.15, 0.2) is 16.6 Å². The Balaban J connectivity index is 2.47. The highest BCUT2D eigenvalue weighted by atomic mass is 79.9. The monoisotopic (exact) mass is 366 g/mol. The Labute approximate surface area is 132 Å². The number of carbonyl (C=O) groups excluding carboxylic acids is 1. The molecule has 19 heavy (non-hydrogen) atoms. The molecule has 0 radical (unpaired) electrons. The van der Waals surface area contributed by atoms with Gasteiger partial charge in [-0.25, -0.2) is 0 Å². The normalized spacial score (nSPS) is 10.8.